The van der Waals surface area contributed by atoms with Gasteiger partial charge < -0.3 is 19.2 Å². The molecule has 0 bridgehead atoms. The Kier molecular flexibility index (Phi) is 6.71. The lowest BCUT2D eigenvalue weighted by molar-refractivity contribution is -0.147. The number of hydrogen-bond acceptors (Lipinski definition) is 9. The molecule has 1 aliphatic heterocycles. The number of H-pyrrole nitrogens is 1. The van der Waals surface area contributed by atoms with Crippen LogP contribution in [0.3, 0.4) is 0 Å². The second-order valence-corrected chi connectivity index (χ2v) is 8.16. The van der Waals surface area contributed by atoms with Crippen molar-refractivity contribution in [1.82, 2.24) is 19.9 Å². The van der Waals surface area contributed by atoms with E-state index in [1.54, 1.807) is 68.1 Å². The molecule has 1 atom stereocenters. The van der Waals surface area contributed by atoms with Gasteiger partial charge in [-0.05, 0) is 61.9 Å². The first kappa shape index (κ1) is 23.9. The van der Waals surface area contributed by atoms with Crippen LogP contribution in [0.15, 0.2) is 71.9 Å². The zero-order valence-electron chi connectivity index (χ0n) is 20.2. The van der Waals surface area contributed by atoms with E-state index in [1.165, 1.54) is 0 Å². The van der Waals surface area contributed by atoms with Crippen LogP contribution in [0.2, 0.25) is 0 Å². The molecule has 10 heteroatoms. The molecule has 1 saturated heterocycles. The van der Waals surface area contributed by atoms with E-state index in [-0.39, 0.29) is 24.9 Å². The highest BCUT2D eigenvalue weighted by Crippen LogP contribution is 2.31. The normalized spacial score (nSPS) is 17.4. The molecule has 3 aromatic heterocycles. The smallest absolute Gasteiger partial charge is 0.326 e. The summed E-state index contributed by atoms with van der Waals surface area (Å²) in [5.74, 6) is -1.39. The first-order valence-electron chi connectivity index (χ1n) is 11.6. The first-order valence-corrected chi connectivity index (χ1v) is 11.6. The summed E-state index contributed by atoms with van der Waals surface area (Å²) in [5.41, 5.74) is 2.67. The second-order valence-electron chi connectivity index (χ2n) is 8.16. The fourth-order valence-corrected chi connectivity index (χ4v) is 3.85. The molecule has 186 valence electrons. The summed E-state index contributed by atoms with van der Waals surface area (Å²) in [6.07, 6.45) is 8.27. The predicted molar refractivity (Wildman–Crippen MR) is 135 cm³/mol. The van der Waals surface area contributed by atoms with Gasteiger partial charge in [-0.15, -0.1) is 0 Å². The number of nitrogens with zero attached hydrogens (tertiary/aromatic N) is 4. The monoisotopic (exact) mass is 497 g/mol. The van der Waals surface area contributed by atoms with E-state index >= 15 is 0 Å². The van der Waals surface area contributed by atoms with Gasteiger partial charge in [0, 0.05) is 35.7 Å². The Morgan fingerprint density at radius 1 is 1.16 bits per heavy atom. The van der Waals surface area contributed by atoms with E-state index in [4.69, 9.17) is 14.2 Å². The van der Waals surface area contributed by atoms with E-state index in [9.17, 15) is 9.59 Å². The molecule has 4 aromatic rings. The number of hydrogen-bond donors (Lipinski definition) is 1. The fraction of sp³-hybridized carbons (Fsp3) is 0.185. The summed E-state index contributed by atoms with van der Waals surface area (Å²) < 4.78 is 16.8. The molecular weight excluding hydrogens is 474 g/mol. The lowest BCUT2D eigenvalue weighted by Gasteiger charge is -2.09. The molecule has 1 aromatic carbocycles. The minimum absolute atomic E-state index is 0.00187. The number of aromatic nitrogens is 4. The molecular formula is C27H23N5O5. The molecule has 1 N–H and O–H groups in total. The molecule has 1 aliphatic rings. The highest BCUT2D eigenvalue weighted by atomic mass is 16.5. The fourth-order valence-electron chi connectivity index (χ4n) is 3.85. The van der Waals surface area contributed by atoms with Crippen molar-refractivity contribution >= 4 is 40.4 Å². The van der Waals surface area contributed by atoms with E-state index in [1.807, 2.05) is 13.0 Å². The van der Waals surface area contributed by atoms with Gasteiger partial charge in [-0.2, -0.15) is 0 Å². The van der Waals surface area contributed by atoms with Crippen molar-refractivity contribution in [2.75, 3.05) is 6.61 Å². The number of allylic oxidation sites excluding steroid dienone is 1. The zero-order valence-corrected chi connectivity index (χ0v) is 20.2. The topological polar surface area (TPSA) is 129 Å². The first-order chi connectivity index (χ1) is 18.0. The van der Waals surface area contributed by atoms with E-state index < -0.39 is 17.7 Å². The third kappa shape index (κ3) is 5.08. The maximum absolute atomic E-state index is 13.2. The highest BCUT2D eigenvalue weighted by molar-refractivity contribution is 6.27. The maximum atomic E-state index is 13.2. The van der Waals surface area contributed by atoms with Crippen LogP contribution >= 0.6 is 0 Å². The van der Waals surface area contributed by atoms with Crippen LogP contribution in [0.1, 0.15) is 23.9 Å². The van der Waals surface area contributed by atoms with Crippen LogP contribution in [-0.4, -0.2) is 44.2 Å². The number of ketones is 1. The Hall–Kier alpha value is -4.86. The maximum Gasteiger partial charge on any atom is 0.326 e. The summed E-state index contributed by atoms with van der Waals surface area (Å²) in [4.78, 5) is 46.0. The Bertz CT molecular complexity index is 1530. The molecule has 37 heavy (non-hydrogen) atoms. The average Bonchev–Trinajstić information content (AvgIpc) is 3.45. The molecule has 1 fully saturated rings. The molecule has 10 nitrogen and oxygen atoms in total. The van der Waals surface area contributed by atoms with Crippen molar-refractivity contribution in [3.8, 4) is 5.75 Å². The van der Waals surface area contributed by atoms with Gasteiger partial charge >= 0.3 is 5.97 Å². The number of pyridine rings is 1. The van der Waals surface area contributed by atoms with Crippen LogP contribution in [-0.2, 0) is 25.7 Å². The number of esters is 1. The largest absolute Gasteiger partial charge is 0.486 e. The molecule has 0 spiro atoms. The van der Waals surface area contributed by atoms with Crippen LogP contribution in [0.4, 0.5) is 5.69 Å². The molecule has 5 rings (SSSR count). The summed E-state index contributed by atoms with van der Waals surface area (Å²) >= 11 is 0. The number of rotatable bonds is 7. The van der Waals surface area contributed by atoms with Crippen LogP contribution < -0.4 is 4.74 Å². The van der Waals surface area contributed by atoms with Gasteiger partial charge in [0.1, 0.15) is 18.0 Å². The predicted octanol–water partition coefficient (Wildman–Crippen LogP) is 4.09. The third-order valence-corrected chi connectivity index (χ3v) is 5.64. The second kappa shape index (κ2) is 10.4. The minimum Gasteiger partial charge on any atom is -0.486 e. The number of benzene rings is 1. The highest BCUT2D eigenvalue weighted by Gasteiger charge is 2.44. The summed E-state index contributed by atoms with van der Waals surface area (Å²) in [7, 11) is 0. The van der Waals surface area contributed by atoms with Crippen LogP contribution in [0.25, 0.3) is 17.1 Å². The van der Waals surface area contributed by atoms with E-state index in [2.05, 4.69) is 24.9 Å². The van der Waals surface area contributed by atoms with Crippen molar-refractivity contribution in [2.24, 2.45) is 10.9 Å². The van der Waals surface area contributed by atoms with Gasteiger partial charge in [-0.1, -0.05) is 0 Å². The number of carbonyl (C=O) groups is 2. The number of aromatic amines is 1. The number of carbonyl (C=O) groups excluding carboxylic acids is 2. The van der Waals surface area contributed by atoms with Gasteiger partial charge in [0.25, 0.3) is 0 Å². The number of fused-ring (bicyclic) bond motifs is 1. The summed E-state index contributed by atoms with van der Waals surface area (Å²) in [6.45, 7) is 3.86. The standard InChI is InChI=1S/C27H23N5O5/c1-3-35-27(34)23-24(33)21(13-17-14-31-25-19(17)6-4-9-30-25)37-26(23)32-20-8-7-18(12-16(20)2)36-15-22-28-10-5-11-29-22/h4-14,23H,3,15H2,1-2H3,(H,30,31)/b21-13-,32-26?. The van der Waals surface area contributed by atoms with Gasteiger partial charge in [0.15, 0.2) is 17.5 Å². The van der Waals surface area contributed by atoms with E-state index in [0.29, 0.717) is 28.5 Å². The van der Waals surface area contributed by atoms with Gasteiger partial charge in [0.05, 0.1) is 12.3 Å². The summed E-state index contributed by atoms with van der Waals surface area (Å²) in [5, 5.41) is 0.816. The van der Waals surface area contributed by atoms with Crippen molar-refractivity contribution in [3.05, 3.63) is 83.9 Å². The lowest BCUT2D eigenvalue weighted by atomic mass is 10.0. The molecule has 1 unspecified atom stereocenters. The Morgan fingerprint density at radius 3 is 2.76 bits per heavy atom. The Balaban J connectivity index is 1.43. The van der Waals surface area contributed by atoms with Crippen molar-refractivity contribution < 1.29 is 23.8 Å². The number of nitrogens with one attached hydrogen (secondary N) is 1. The Morgan fingerprint density at radius 2 is 1.97 bits per heavy atom. The summed E-state index contributed by atoms with van der Waals surface area (Å²) in [6, 6.07) is 10.7. The molecule has 0 aliphatic carbocycles. The average molecular weight is 498 g/mol. The third-order valence-electron chi connectivity index (χ3n) is 5.64. The van der Waals surface area contributed by atoms with Crippen LogP contribution in [0, 0.1) is 12.8 Å². The number of aliphatic imine (C=N–C) groups is 1. The molecule has 0 saturated carbocycles. The van der Waals surface area contributed by atoms with Crippen LogP contribution in [0.5, 0.6) is 5.75 Å². The molecule has 4 heterocycles. The molecule has 0 amide bonds. The number of Topliss-reactive ketones (excluding diaryl/α,β-unsaturated/α-hetero) is 1. The van der Waals surface area contributed by atoms with Gasteiger partial charge in [0.2, 0.25) is 11.7 Å². The van der Waals surface area contributed by atoms with Crippen molar-refractivity contribution in [1.29, 1.82) is 0 Å². The van der Waals surface area contributed by atoms with Crippen molar-refractivity contribution in [3.63, 3.8) is 0 Å². The molecule has 0 radical (unpaired) electrons. The van der Waals surface area contributed by atoms with Crippen molar-refractivity contribution in [2.45, 2.75) is 20.5 Å². The minimum atomic E-state index is -1.29. The lowest BCUT2D eigenvalue weighted by Crippen LogP contribution is -2.27. The van der Waals surface area contributed by atoms with Gasteiger partial charge in [-0.3, -0.25) is 9.59 Å². The zero-order chi connectivity index (χ0) is 25.8. The SMILES string of the molecule is CCOC(=O)C1C(=O)/C(=C/c2c[nH]c3ncccc23)OC1=Nc1ccc(OCc2ncccn2)cc1C. The number of aryl methyl sites for hydroxylation is 1. The number of ether oxygens (including phenoxy) is 3. The van der Waals surface area contributed by atoms with Gasteiger partial charge in [-0.25, -0.2) is 19.9 Å². The Labute approximate surface area is 212 Å². The van der Waals surface area contributed by atoms with E-state index in [0.717, 1.165) is 10.9 Å². The quantitative estimate of drug-likeness (QED) is 0.230.